The van der Waals surface area contributed by atoms with Crippen molar-refractivity contribution in [3.63, 3.8) is 0 Å². The number of carbonyl (C=O) groups excluding carboxylic acids is 1. The fourth-order valence-corrected chi connectivity index (χ4v) is 8.93. The molecule has 0 bridgehead atoms. The Labute approximate surface area is 188 Å². The van der Waals surface area contributed by atoms with E-state index in [0.717, 1.165) is 32.1 Å². The van der Waals surface area contributed by atoms with Gasteiger partial charge in [0.15, 0.2) is 5.79 Å². The molecular weight excluding hydrogens is 388 g/mol. The molecule has 31 heavy (non-hydrogen) atoms. The standard InChI is InChI=1S/C27H42O4/c1-18-15-20(29)16-19-7-8-21-22-9-10-24(31-26(30-3)12-5-4-6-13-26)25(22,2)14-11-23(21)27(18,19)17-28/h7,18,21-24,28H,4-6,8-17H2,1-3H3/t18-,21+,22+,23+,24+,25+,27+/m1/s1. The van der Waals surface area contributed by atoms with Crippen LogP contribution in [-0.4, -0.2) is 36.5 Å². The van der Waals surface area contributed by atoms with Crippen LogP contribution in [0.25, 0.3) is 0 Å². The number of ketones is 1. The van der Waals surface area contributed by atoms with E-state index in [0.29, 0.717) is 36.4 Å². The summed E-state index contributed by atoms with van der Waals surface area (Å²) in [6, 6.07) is 0. The maximum atomic E-state index is 12.3. The highest BCUT2D eigenvalue weighted by Crippen LogP contribution is 2.66. The summed E-state index contributed by atoms with van der Waals surface area (Å²) in [6.45, 7) is 4.89. The third-order valence-corrected chi connectivity index (χ3v) is 10.7. The van der Waals surface area contributed by atoms with Gasteiger partial charge in [0, 0.05) is 38.2 Å². The molecule has 0 aromatic rings. The van der Waals surface area contributed by atoms with Crippen molar-refractivity contribution in [3.8, 4) is 0 Å². The normalized spacial score (nSPS) is 46.6. The van der Waals surface area contributed by atoms with Gasteiger partial charge in [-0.15, -0.1) is 0 Å². The average Bonchev–Trinajstić information content (AvgIpc) is 3.10. The molecule has 0 unspecified atom stereocenters. The van der Waals surface area contributed by atoms with Crippen molar-refractivity contribution in [3.05, 3.63) is 11.6 Å². The lowest BCUT2D eigenvalue weighted by Gasteiger charge is -2.60. The van der Waals surface area contributed by atoms with Crippen molar-refractivity contribution < 1.29 is 19.4 Å². The Morgan fingerprint density at radius 1 is 1.10 bits per heavy atom. The van der Waals surface area contributed by atoms with Gasteiger partial charge in [0.25, 0.3) is 0 Å². The molecule has 5 aliphatic rings. The molecule has 5 rings (SSSR count). The molecule has 1 N–H and O–H groups in total. The summed E-state index contributed by atoms with van der Waals surface area (Å²) in [4.78, 5) is 12.3. The maximum absolute atomic E-state index is 12.3. The van der Waals surface area contributed by atoms with E-state index < -0.39 is 0 Å². The van der Waals surface area contributed by atoms with Gasteiger partial charge in [-0.2, -0.15) is 0 Å². The summed E-state index contributed by atoms with van der Waals surface area (Å²) in [5, 5.41) is 10.7. The molecule has 0 aliphatic heterocycles. The quantitative estimate of drug-likeness (QED) is 0.477. The minimum Gasteiger partial charge on any atom is -0.395 e. The zero-order valence-electron chi connectivity index (χ0n) is 19.8. The number of hydrogen-bond donors (Lipinski definition) is 1. The van der Waals surface area contributed by atoms with E-state index in [1.807, 2.05) is 7.11 Å². The summed E-state index contributed by atoms with van der Waals surface area (Å²) in [7, 11) is 1.83. The first-order valence-electron chi connectivity index (χ1n) is 12.9. The highest BCUT2D eigenvalue weighted by atomic mass is 16.7. The second kappa shape index (κ2) is 7.95. The molecule has 0 heterocycles. The van der Waals surface area contributed by atoms with Crippen LogP contribution in [0.5, 0.6) is 0 Å². The van der Waals surface area contributed by atoms with Gasteiger partial charge in [0.2, 0.25) is 0 Å². The molecule has 0 aromatic heterocycles. The Bertz CT molecular complexity index is 738. The van der Waals surface area contributed by atoms with Crippen molar-refractivity contribution in [1.82, 2.24) is 0 Å². The van der Waals surface area contributed by atoms with Gasteiger partial charge in [-0.1, -0.05) is 31.9 Å². The first-order chi connectivity index (χ1) is 14.9. The molecule has 0 saturated heterocycles. The Hall–Kier alpha value is -0.710. The van der Waals surface area contributed by atoms with Crippen molar-refractivity contribution in [2.45, 2.75) is 103 Å². The van der Waals surface area contributed by atoms with Crippen LogP contribution in [0, 0.1) is 34.5 Å². The molecule has 4 heteroatoms. The molecule has 4 nitrogen and oxygen atoms in total. The van der Waals surface area contributed by atoms with Crippen LogP contribution in [0.3, 0.4) is 0 Å². The number of aliphatic hydroxyl groups is 1. The predicted molar refractivity (Wildman–Crippen MR) is 120 cm³/mol. The van der Waals surface area contributed by atoms with Gasteiger partial charge in [-0.25, -0.2) is 0 Å². The predicted octanol–water partition coefficient (Wildman–Crippen LogP) is 5.43. The number of Topliss-reactive ketones (excluding diaryl/α,β-unsaturated/α-hetero) is 1. The van der Waals surface area contributed by atoms with Crippen LogP contribution in [-0.2, 0) is 14.3 Å². The maximum Gasteiger partial charge on any atom is 0.168 e. The molecule has 0 spiro atoms. The third kappa shape index (κ3) is 3.22. The molecule has 7 atom stereocenters. The van der Waals surface area contributed by atoms with E-state index in [1.165, 1.54) is 37.7 Å². The van der Waals surface area contributed by atoms with Crippen LogP contribution in [0.2, 0.25) is 0 Å². The van der Waals surface area contributed by atoms with Gasteiger partial charge in [-0.05, 0) is 74.0 Å². The summed E-state index contributed by atoms with van der Waals surface area (Å²) in [5.74, 6) is 1.97. The van der Waals surface area contributed by atoms with Crippen molar-refractivity contribution in [1.29, 1.82) is 0 Å². The summed E-state index contributed by atoms with van der Waals surface area (Å²) < 4.78 is 12.9. The third-order valence-electron chi connectivity index (χ3n) is 10.7. The van der Waals surface area contributed by atoms with Crippen LogP contribution in [0.15, 0.2) is 11.6 Å². The van der Waals surface area contributed by atoms with E-state index in [2.05, 4.69) is 19.9 Å². The highest BCUT2D eigenvalue weighted by molar-refractivity contribution is 5.83. The monoisotopic (exact) mass is 430 g/mol. The van der Waals surface area contributed by atoms with Crippen molar-refractivity contribution >= 4 is 5.78 Å². The SMILES string of the molecule is COC1(O[C@H]2CC[C@H]3[C@@H]4CC=C5CC(=O)C[C@@H](C)[C@]5(CO)[C@H]4CC[C@]23C)CCCCC1. The Morgan fingerprint density at radius 3 is 2.58 bits per heavy atom. The minimum atomic E-state index is -0.373. The first kappa shape index (κ1) is 22.1. The molecule has 0 radical (unpaired) electrons. The second-order valence-corrected chi connectivity index (χ2v) is 11.8. The average molecular weight is 431 g/mol. The molecule has 4 saturated carbocycles. The zero-order valence-corrected chi connectivity index (χ0v) is 19.8. The van der Waals surface area contributed by atoms with Gasteiger partial charge in [0.05, 0.1) is 12.7 Å². The van der Waals surface area contributed by atoms with E-state index in [9.17, 15) is 9.90 Å². The van der Waals surface area contributed by atoms with Gasteiger partial charge in [0.1, 0.15) is 5.78 Å². The Kier molecular flexibility index (Phi) is 5.67. The van der Waals surface area contributed by atoms with Gasteiger partial charge < -0.3 is 14.6 Å². The van der Waals surface area contributed by atoms with Crippen molar-refractivity contribution in [2.75, 3.05) is 13.7 Å². The number of ether oxygens (including phenoxy) is 2. The largest absolute Gasteiger partial charge is 0.395 e. The number of fused-ring (bicyclic) bond motifs is 5. The van der Waals surface area contributed by atoms with Crippen LogP contribution >= 0.6 is 0 Å². The fourth-order valence-electron chi connectivity index (χ4n) is 8.93. The Morgan fingerprint density at radius 2 is 1.87 bits per heavy atom. The molecule has 5 aliphatic carbocycles. The first-order valence-corrected chi connectivity index (χ1v) is 12.9. The van der Waals surface area contributed by atoms with Crippen LogP contribution in [0.1, 0.15) is 90.9 Å². The highest BCUT2D eigenvalue weighted by Gasteiger charge is 2.62. The lowest BCUT2D eigenvalue weighted by atomic mass is 9.45. The Balaban J connectivity index is 1.41. The minimum absolute atomic E-state index is 0.172. The number of allylic oxidation sites excluding steroid dienone is 1. The van der Waals surface area contributed by atoms with Crippen LogP contribution in [0.4, 0.5) is 0 Å². The number of carbonyl (C=O) groups is 1. The fraction of sp³-hybridized carbons (Fsp3) is 0.889. The van der Waals surface area contributed by atoms with Gasteiger partial charge >= 0.3 is 0 Å². The molecule has 174 valence electrons. The number of hydrogen-bond acceptors (Lipinski definition) is 4. The summed E-state index contributed by atoms with van der Waals surface area (Å²) in [5.41, 5.74) is 1.28. The summed E-state index contributed by atoms with van der Waals surface area (Å²) in [6.07, 6.45) is 15.3. The lowest BCUT2D eigenvalue weighted by Crippen LogP contribution is -2.56. The molecule has 0 aromatic carbocycles. The molecule has 0 amide bonds. The van der Waals surface area contributed by atoms with E-state index >= 15 is 0 Å². The van der Waals surface area contributed by atoms with E-state index in [4.69, 9.17) is 9.47 Å². The number of methoxy groups -OCH3 is 1. The lowest BCUT2D eigenvalue weighted by molar-refractivity contribution is -0.280. The smallest absolute Gasteiger partial charge is 0.168 e. The van der Waals surface area contributed by atoms with Crippen molar-refractivity contribution in [2.24, 2.45) is 34.5 Å². The topological polar surface area (TPSA) is 55.8 Å². The van der Waals surface area contributed by atoms with Gasteiger partial charge in [-0.3, -0.25) is 4.79 Å². The summed E-state index contributed by atoms with van der Waals surface area (Å²) >= 11 is 0. The number of aliphatic hydroxyl groups excluding tert-OH is 1. The molecular formula is C27H42O4. The zero-order chi connectivity index (χ0) is 21.9. The van der Waals surface area contributed by atoms with E-state index in [1.54, 1.807) is 0 Å². The van der Waals surface area contributed by atoms with Crippen LogP contribution < -0.4 is 0 Å². The second-order valence-electron chi connectivity index (χ2n) is 11.8. The molecule has 4 fully saturated rings. The van der Waals surface area contributed by atoms with E-state index in [-0.39, 0.29) is 35.2 Å². The number of rotatable bonds is 4.